The zero-order valence-electron chi connectivity index (χ0n) is 16.2. The molecule has 0 aliphatic carbocycles. The van der Waals surface area contributed by atoms with Crippen LogP contribution < -0.4 is 9.64 Å². The fraction of sp³-hybridized carbons (Fsp3) is 0.333. The van der Waals surface area contributed by atoms with E-state index in [1.54, 1.807) is 17.2 Å². The molecule has 1 amide bonds. The molecular weight excluding hydrogens is 358 g/mol. The molecule has 0 bridgehead atoms. The van der Waals surface area contributed by atoms with Crippen molar-refractivity contribution in [2.75, 3.05) is 24.6 Å². The monoisotopic (exact) mass is 381 g/mol. The predicted molar refractivity (Wildman–Crippen MR) is 109 cm³/mol. The molecule has 1 heterocycles. The number of hydrogen-bond donors (Lipinski definition) is 0. The van der Waals surface area contributed by atoms with Crippen LogP contribution in [0.3, 0.4) is 0 Å². The standard InChI is InChI=1S/C21H23N3O4/c1-14(2)18-6-4-15(3)10-20(18)28-13-21(25)23-9-8-22-12-16-11-17(24(26)27)5-7-19(16)23/h4-7,10-12,14H,8-9,13H2,1-3H3. The average Bonchev–Trinajstić information content (AvgIpc) is 2.87. The Bertz CT molecular complexity index is 937. The van der Waals surface area contributed by atoms with E-state index < -0.39 is 4.92 Å². The van der Waals surface area contributed by atoms with E-state index in [4.69, 9.17) is 4.74 Å². The van der Waals surface area contributed by atoms with Crippen LogP contribution >= 0.6 is 0 Å². The Morgan fingerprint density at radius 1 is 1.29 bits per heavy atom. The van der Waals surface area contributed by atoms with Gasteiger partial charge in [0.15, 0.2) is 6.61 Å². The van der Waals surface area contributed by atoms with Crippen LogP contribution in [-0.4, -0.2) is 36.7 Å². The molecular formula is C21H23N3O4. The molecule has 0 unspecified atom stereocenters. The summed E-state index contributed by atoms with van der Waals surface area (Å²) in [5, 5.41) is 11.0. The van der Waals surface area contributed by atoms with E-state index in [2.05, 4.69) is 18.8 Å². The minimum absolute atomic E-state index is 0.0305. The maximum absolute atomic E-state index is 12.9. The van der Waals surface area contributed by atoms with E-state index in [1.807, 2.05) is 25.1 Å². The highest BCUT2D eigenvalue weighted by atomic mass is 16.6. The van der Waals surface area contributed by atoms with Crippen LogP contribution in [0.5, 0.6) is 5.75 Å². The predicted octanol–water partition coefficient (Wildman–Crippen LogP) is 3.87. The lowest BCUT2D eigenvalue weighted by Gasteiger charge is -2.23. The molecule has 7 nitrogen and oxygen atoms in total. The zero-order chi connectivity index (χ0) is 20.3. The smallest absolute Gasteiger partial charge is 0.270 e. The van der Waals surface area contributed by atoms with Gasteiger partial charge in [-0.25, -0.2) is 0 Å². The number of fused-ring (bicyclic) bond motifs is 1. The Hall–Kier alpha value is -3.22. The molecule has 1 aliphatic rings. The number of nitrogens with zero attached hydrogens (tertiary/aromatic N) is 3. The third-order valence-corrected chi connectivity index (χ3v) is 4.64. The van der Waals surface area contributed by atoms with Gasteiger partial charge >= 0.3 is 0 Å². The highest BCUT2D eigenvalue weighted by Crippen LogP contribution is 2.29. The van der Waals surface area contributed by atoms with Gasteiger partial charge in [-0.3, -0.25) is 19.9 Å². The Balaban J connectivity index is 1.81. The second-order valence-corrected chi connectivity index (χ2v) is 7.07. The van der Waals surface area contributed by atoms with Gasteiger partial charge in [0.2, 0.25) is 0 Å². The van der Waals surface area contributed by atoms with Crippen molar-refractivity contribution < 1.29 is 14.5 Å². The molecule has 2 aromatic carbocycles. The number of benzodiazepines with no additional fused rings is 1. The number of rotatable bonds is 5. The molecule has 0 radical (unpaired) electrons. The van der Waals surface area contributed by atoms with Gasteiger partial charge in [0, 0.05) is 30.5 Å². The van der Waals surface area contributed by atoms with Gasteiger partial charge in [0.1, 0.15) is 5.75 Å². The molecule has 2 aromatic rings. The van der Waals surface area contributed by atoms with Crippen molar-refractivity contribution >= 4 is 23.5 Å². The van der Waals surface area contributed by atoms with Gasteiger partial charge in [-0.05, 0) is 36.1 Å². The third-order valence-electron chi connectivity index (χ3n) is 4.64. The summed E-state index contributed by atoms with van der Waals surface area (Å²) < 4.78 is 5.87. The fourth-order valence-corrected chi connectivity index (χ4v) is 3.17. The number of carbonyl (C=O) groups is 1. The number of aryl methyl sites for hydroxylation is 1. The first kappa shape index (κ1) is 19.5. The van der Waals surface area contributed by atoms with Crippen LogP contribution in [0.15, 0.2) is 41.4 Å². The Morgan fingerprint density at radius 3 is 2.79 bits per heavy atom. The van der Waals surface area contributed by atoms with Crippen LogP contribution in [-0.2, 0) is 4.79 Å². The average molecular weight is 381 g/mol. The summed E-state index contributed by atoms with van der Waals surface area (Å²) in [4.78, 5) is 29.3. The fourth-order valence-electron chi connectivity index (χ4n) is 3.17. The van der Waals surface area contributed by atoms with Gasteiger partial charge < -0.3 is 9.64 Å². The van der Waals surface area contributed by atoms with Crippen LogP contribution in [0.2, 0.25) is 0 Å². The quantitative estimate of drug-likeness (QED) is 0.581. The lowest BCUT2D eigenvalue weighted by molar-refractivity contribution is -0.384. The third kappa shape index (κ3) is 4.19. The van der Waals surface area contributed by atoms with Crippen molar-refractivity contribution in [3.8, 4) is 5.75 Å². The summed E-state index contributed by atoms with van der Waals surface area (Å²) in [5.41, 5.74) is 3.24. The normalized spacial score (nSPS) is 13.2. The van der Waals surface area contributed by atoms with Crippen LogP contribution in [0.4, 0.5) is 11.4 Å². The van der Waals surface area contributed by atoms with Crippen molar-refractivity contribution in [1.82, 2.24) is 0 Å². The van der Waals surface area contributed by atoms with Gasteiger partial charge in [-0.1, -0.05) is 26.0 Å². The second kappa shape index (κ2) is 8.21. The number of carbonyl (C=O) groups excluding carboxylic acids is 1. The van der Waals surface area contributed by atoms with Gasteiger partial charge in [-0.2, -0.15) is 0 Å². The largest absolute Gasteiger partial charge is 0.483 e. The highest BCUT2D eigenvalue weighted by molar-refractivity contribution is 6.01. The van der Waals surface area contributed by atoms with Gasteiger partial charge in [-0.15, -0.1) is 0 Å². The second-order valence-electron chi connectivity index (χ2n) is 7.07. The van der Waals surface area contributed by atoms with Crippen molar-refractivity contribution in [2.24, 2.45) is 4.99 Å². The number of aliphatic imine (C=N–C) groups is 1. The number of benzene rings is 2. The molecule has 0 fully saturated rings. The summed E-state index contributed by atoms with van der Waals surface area (Å²) >= 11 is 0. The molecule has 0 atom stereocenters. The van der Waals surface area contributed by atoms with Crippen molar-refractivity contribution in [3.05, 3.63) is 63.2 Å². The van der Waals surface area contributed by atoms with Crippen LogP contribution in [0, 0.1) is 17.0 Å². The van der Waals surface area contributed by atoms with Gasteiger partial charge in [0.05, 0.1) is 17.2 Å². The maximum atomic E-state index is 12.9. The van der Waals surface area contributed by atoms with Crippen LogP contribution in [0.25, 0.3) is 0 Å². The summed E-state index contributed by atoms with van der Waals surface area (Å²) in [6.45, 7) is 6.85. The highest BCUT2D eigenvalue weighted by Gasteiger charge is 2.22. The molecule has 1 aliphatic heterocycles. The van der Waals surface area contributed by atoms with E-state index in [9.17, 15) is 14.9 Å². The van der Waals surface area contributed by atoms with E-state index in [-0.39, 0.29) is 24.1 Å². The first-order valence-corrected chi connectivity index (χ1v) is 9.19. The van der Waals surface area contributed by atoms with E-state index in [0.717, 1.165) is 11.1 Å². The first-order chi connectivity index (χ1) is 13.4. The molecule has 28 heavy (non-hydrogen) atoms. The summed E-state index contributed by atoms with van der Waals surface area (Å²) in [6, 6.07) is 10.4. The number of nitro groups is 1. The van der Waals surface area contributed by atoms with Gasteiger partial charge in [0.25, 0.3) is 11.6 Å². The number of anilines is 1. The van der Waals surface area contributed by atoms with Crippen molar-refractivity contribution in [3.63, 3.8) is 0 Å². The lowest BCUT2D eigenvalue weighted by Crippen LogP contribution is -2.37. The van der Waals surface area contributed by atoms with E-state index in [0.29, 0.717) is 30.1 Å². The Kier molecular flexibility index (Phi) is 5.73. The number of hydrogen-bond acceptors (Lipinski definition) is 5. The SMILES string of the molecule is Cc1ccc(C(C)C)c(OCC(=O)N2CCN=Cc3cc([N+](=O)[O-])ccc32)c1. The number of nitro benzene ring substituents is 1. The molecule has 0 saturated heterocycles. The first-order valence-electron chi connectivity index (χ1n) is 9.19. The molecule has 0 N–H and O–H groups in total. The summed E-state index contributed by atoms with van der Waals surface area (Å²) in [6.07, 6.45) is 1.58. The van der Waals surface area contributed by atoms with Crippen molar-refractivity contribution in [1.29, 1.82) is 0 Å². The summed E-state index contributed by atoms with van der Waals surface area (Å²) in [5.74, 6) is 0.772. The Morgan fingerprint density at radius 2 is 2.07 bits per heavy atom. The van der Waals surface area contributed by atoms with E-state index in [1.165, 1.54) is 12.1 Å². The molecule has 7 heteroatoms. The topological polar surface area (TPSA) is 85.0 Å². The molecule has 0 spiro atoms. The molecule has 0 saturated carbocycles. The Labute approximate surface area is 163 Å². The number of non-ortho nitro benzene ring substituents is 1. The van der Waals surface area contributed by atoms with E-state index >= 15 is 0 Å². The number of ether oxygens (including phenoxy) is 1. The minimum Gasteiger partial charge on any atom is -0.483 e. The summed E-state index contributed by atoms with van der Waals surface area (Å²) in [7, 11) is 0. The minimum atomic E-state index is -0.459. The molecule has 146 valence electrons. The van der Waals surface area contributed by atoms with Crippen molar-refractivity contribution in [2.45, 2.75) is 26.7 Å². The lowest BCUT2D eigenvalue weighted by atomic mass is 10.0. The molecule has 3 rings (SSSR count). The molecule has 0 aromatic heterocycles. The maximum Gasteiger partial charge on any atom is 0.270 e. The van der Waals surface area contributed by atoms with Crippen LogP contribution in [0.1, 0.15) is 36.5 Å². The number of amides is 1. The zero-order valence-corrected chi connectivity index (χ0v) is 16.2.